The maximum Gasteiger partial charge on any atom is 0.261 e. The molecule has 184 valence electrons. The van der Waals surface area contributed by atoms with Gasteiger partial charge in [0.1, 0.15) is 17.5 Å². The van der Waals surface area contributed by atoms with E-state index in [1.807, 2.05) is 31.2 Å². The zero-order valence-corrected chi connectivity index (χ0v) is 22.0. The Bertz CT molecular complexity index is 981. The molecule has 1 saturated carbocycles. The highest BCUT2D eigenvalue weighted by Crippen LogP contribution is 2.28. The Kier molecular flexibility index (Phi) is 10.1. The van der Waals surface area contributed by atoms with Gasteiger partial charge in [-0.15, -0.1) is 0 Å². The highest BCUT2D eigenvalue weighted by molar-refractivity contribution is 9.10. The van der Waals surface area contributed by atoms with E-state index < -0.39 is 6.04 Å². The minimum Gasteiger partial charge on any atom is -0.497 e. The van der Waals surface area contributed by atoms with Crippen molar-refractivity contribution in [3.05, 3.63) is 57.5 Å². The predicted octanol–water partition coefficient (Wildman–Crippen LogP) is 5.75. The van der Waals surface area contributed by atoms with Gasteiger partial charge in [-0.2, -0.15) is 0 Å². The highest BCUT2D eigenvalue weighted by atomic mass is 79.9. The average molecular weight is 552 g/mol. The van der Waals surface area contributed by atoms with E-state index in [2.05, 4.69) is 21.2 Å². The number of benzene rings is 2. The summed E-state index contributed by atoms with van der Waals surface area (Å²) in [5, 5.41) is 3.58. The molecule has 1 fully saturated rings. The Hall–Kier alpha value is -2.25. The Labute approximate surface area is 215 Å². The fourth-order valence-corrected chi connectivity index (χ4v) is 4.97. The normalized spacial score (nSPS) is 14.8. The number of carbonyl (C=O) groups excluding carboxylic acids is 2. The summed E-state index contributed by atoms with van der Waals surface area (Å²) in [7, 11) is 1.60. The van der Waals surface area contributed by atoms with Crippen LogP contribution in [0.25, 0.3) is 0 Å². The van der Waals surface area contributed by atoms with Crippen molar-refractivity contribution >= 4 is 39.3 Å². The molecule has 1 aliphatic rings. The van der Waals surface area contributed by atoms with Crippen LogP contribution in [0.1, 0.15) is 51.0 Å². The number of hydrogen-bond acceptors (Lipinski definition) is 4. The fraction of sp³-hybridized carbons (Fsp3) is 0.462. The van der Waals surface area contributed by atoms with Gasteiger partial charge in [0.2, 0.25) is 5.91 Å². The Morgan fingerprint density at radius 1 is 1.18 bits per heavy atom. The van der Waals surface area contributed by atoms with E-state index in [-0.39, 0.29) is 31.0 Å². The van der Waals surface area contributed by atoms with Crippen LogP contribution in [0.2, 0.25) is 5.02 Å². The second kappa shape index (κ2) is 13.0. The van der Waals surface area contributed by atoms with Crippen LogP contribution in [-0.4, -0.2) is 42.5 Å². The molecule has 0 aliphatic heterocycles. The quantitative estimate of drug-likeness (QED) is 0.408. The third-order valence-corrected chi connectivity index (χ3v) is 6.86. The first kappa shape index (κ1) is 26.4. The van der Waals surface area contributed by atoms with E-state index in [0.717, 1.165) is 35.7 Å². The number of nitrogens with zero attached hydrogens (tertiary/aromatic N) is 1. The van der Waals surface area contributed by atoms with Gasteiger partial charge in [0.05, 0.1) is 12.1 Å². The maximum absolute atomic E-state index is 13.4. The summed E-state index contributed by atoms with van der Waals surface area (Å²) in [6, 6.07) is 12.3. The predicted molar refractivity (Wildman–Crippen MR) is 137 cm³/mol. The van der Waals surface area contributed by atoms with E-state index in [9.17, 15) is 9.59 Å². The van der Waals surface area contributed by atoms with E-state index in [4.69, 9.17) is 21.1 Å². The largest absolute Gasteiger partial charge is 0.497 e. The first-order valence-corrected chi connectivity index (χ1v) is 12.9. The minimum atomic E-state index is -0.607. The molecule has 1 aliphatic carbocycles. The first-order valence-electron chi connectivity index (χ1n) is 11.7. The molecule has 2 aromatic carbocycles. The van der Waals surface area contributed by atoms with Gasteiger partial charge in [-0.25, -0.2) is 0 Å². The molecule has 3 rings (SSSR count). The van der Waals surface area contributed by atoms with Crippen LogP contribution in [0.5, 0.6) is 11.5 Å². The average Bonchev–Trinajstić information content (AvgIpc) is 2.84. The van der Waals surface area contributed by atoms with E-state index in [1.165, 1.54) is 6.42 Å². The molecule has 34 heavy (non-hydrogen) atoms. The van der Waals surface area contributed by atoms with Crippen LogP contribution in [0, 0.1) is 0 Å². The second-order valence-electron chi connectivity index (χ2n) is 8.50. The number of amides is 2. The molecule has 0 unspecified atom stereocenters. The third kappa shape index (κ3) is 7.37. The van der Waals surface area contributed by atoms with Gasteiger partial charge in [0.15, 0.2) is 6.61 Å². The van der Waals surface area contributed by atoms with Gasteiger partial charge in [0, 0.05) is 17.1 Å². The Balaban J connectivity index is 1.78. The highest BCUT2D eigenvalue weighted by Gasteiger charge is 2.30. The van der Waals surface area contributed by atoms with Crippen LogP contribution in [0.15, 0.2) is 46.9 Å². The Morgan fingerprint density at radius 3 is 2.62 bits per heavy atom. The smallest absolute Gasteiger partial charge is 0.261 e. The van der Waals surface area contributed by atoms with Crippen molar-refractivity contribution < 1.29 is 19.1 Å². The number of methoxy groups -OCH3 is 1. The van der Waals surface area contributed by atoms with Gasteiger partial charge in [-0.05, 0) is 55.2 Å². The summed E-state index contributed by atoms with van der Waals surface area (Å²) < 4.78 is 11.9. The molecule has 1 atom stereocenters. The van der Waals surface area contributed by atoms with Gasteiger partial charge in [0.25, 0.3) is 5.91 Å². The summed E-state index contributed by atoms with van der Waals surface area (Å²) in [4.78, 5) is 28.3. The lowest BCUT2D eigenvalue weighted by Gasteiger charge is -2.32. The molecule has 8 heteroatoms. The van der Waals surface area contributed by atoms with Gasteiger partial charge < -0.3 is 19.7 Å². The molecule has 6 nitrogen and oxygen atoms in total. The van der Waals surface area contributed by atoms with Crippen molar-refractivity contribution in [3.63, 3.8) is 0 Å². The van der Waals surface area contributed by atoms with Crippen LogP contribution >= 0.6 is 27.5 Å². The molecular formula is C26H32BrClN2O4. The lowest BCUT2D eigenvalue weighted by molar-refractivity contribution is -0.143. The zero-order chi connectivity index (χ0) is 24.5. The number of halogens is 2. The van der Waals surface area contributed by atoms with Crippen molar-refractivity contribution in [1.29, 1.82) is 0 Å². The van der Waals surface area contributed by atoms with Crippen molar-refractivity contribution in [3.8, 4) is 11.5 Å². The number of nitrogens with one attached hydrogen (secondary N) is 1. The molecule has 0 spiro atoms. The number of ether oxygens (including phenoxy) is 2. The molecule has 0 heterocycles. The van der Waals surface area contributed by atoms with Crippen molar-refractivity contribution in [2.75, 3.05) is 13.7 Å². The molecular weight excluding hydrogens is 520 g/mol. The van der Waals surface area contributed by atoms with Gasteiger partial charge in [-0.3, -0.25) is 9.59 Å². The molecule has 2 amide bonds. The molecule has 0 saturated heterocycles. The van der Waals surface area contributed by atoms with Gasteiger partial charge >= 0.3 is 0 Å². The molecule has 0 bridgehead atoms. The van der Waals surface area contributed by atoms with Crippen LogP contribution in [0.3, 0.4) is 0 Å². The summed E-state index contributed by atoms with van der Waals surface area (Å²) in [5.74, 6) is 0.710. The molecule has 1 N–H and O–H groups in total. The van der Waals surface area contributed by atoms with E-state index in [0.29, 0.717) is 22.9 Å². The number of hydrogen-bond donors (Lipinski definition) is 1. The maximum atomic E-state index is 13.4. The lowest BCUT2D eigenvalue weighted by Crippen LogP contribution is -2.52. The minimum absolute atomic E-state index is 0.118. The molecule has 0 radical (unpaired) electrons. The van der Waals surface area contributed by atoms with Crippen molar-refractivity contribution in [2.45, 2.75) is 64.1 Å². The first-order chi connectivity index (χ1) is 16.4. The van der Waals surface area contributed by atoms with E-state index >= 15 is 0 Å². The Morgan fingerprint density at radius 2 is 1.94 bits per heavy atom. The summed E-state index contributed by atoms with van der Waals surface area (Å²) in [5.41, 5.74) is 0.873. The zero-order valence-electron chi connectivity index (χ0n) is 19.7. The van der Waals surface area contributed by atoms with Crippen LogP contribution in [0.4, 0.5) is 0 Å². The molecule has 2 aromatic rings. The molecule has 0 aromatic heterocycles. The lowest BCUT2D eigenvalue weighted by atomic mass is 9.95. The third-order valence-electron chi connectivity index (χ3n) is 6.07. The summed E-state index contributed by atoms with van der Waals surface area (Å²) >= 11 is 9.61. The standard InChI is InChI=1S/C26H32BrClN2O4/c1-3-23(26(32)29-20-9-5-4-6-10-20)30(16-18-8-7-11-21(14-18)33-2)25(31)17-34-24-13-12-19(27)15-22(24)28/h7-8,11-15,20,23H,3-6,9-10,16-17H2,1-2H3,(H,29,32)/t23-/m1/s1. The van der Waals surface area contributed by atoms with E-state index in [1.54, 1.807) is 30.2 Å². The fourth-order valence-electron chi connectivity index (χ4n) is 4.25. The second-order valence-corrected chi connectivity index (χ2v) is 9.83. The number of rotatable bonds is 10. The van der Waals surface area contributed by atoms with Gasteiger partial charge in [-0.1, -0.05) is 65.8 Å². The topological polar surface area (TPSA) is 67.9 Å². The monoisotopic (exact) mass is 550 g/mol. The van der Waals surface area contributed by atoms with Crippen molar-refractivity contribution in [2.24, 2.45) is 0 Å². The summed E-state index contributed by atoms with van der Waals surface area (Å²) in [6.07, 6.45) is 5.91. The number of carbonyl (C=O) groups is 2. The van der Waals surface area contributed by atoms with Crippen LogP contribution < -0.4 is 14.8 Å². The summed E-state index contributed by atoms with van der Waals surface area (Å²) in [6.45, 7) is 1.96. The van der Waals surface area contributed by atoms with Crippen LogP contribution in [-0.2, 0) is 16.1 Å². The SMILES string of the molecule is CC[C@H](C(=O)NC1CCCCC1)N(Cc1cccc(OC)c1)C(=O)COc1ccc(Br)cc1Cl. The van der Waals surface area contributed by atoms with Crippen molar-refractivity contribution in [1.82, 2.24) is 10.2 Å².